The molecule has 15 heavy (non-hydrogen) atoms. The van der Waals surface area contributed by atoms with Gasteiger partial charge in [-0.25, -0.2) is 0 Å². The number of rotatable bonds is 1. The fourth-order valence-electron chi connectivity index (χ4n) is 4.40. The van der Waals surface area contributed by atoms with E-state index in [4.69, 9.17) is 0 Å². The van der Waals surface area contributed by atoms with Gasteiger partial charge in [0.25, 0.3) is 0 Å². The number of aliphatic carboxylic acids is 1. The molecule has 0 aromatic carbocycles. The predicted molar refractivity (Wildman–Crippen MR) is 54.3 cm³/mol. The van der Waals surface area contributed by atoms with Gasteiger partial charge in [0, 0.05) is 0 Å². The van der Waals surface area contributed by atoms with Crippen molar-refractivity contribution in [2.24, 2.45) is 17.3 Å². The van der Waals surface area contributed by atoms with Gasteiger partial charge in [-0.2, -0.15) is 0 Å². The molecule has 3 nitrogen and oxygen atoms in total. The molecule has 3 aliphatic carbocycles. The second kappa shape index (κ2) is 2.76. The summed E-state index contributed by atoms with van der Waals surface area (Å²) in [7, 11) is 0. The van der Waals surface area contributed by atoms with Crippen molar-refractivity contribution in [3.8, 4) is 0 Å². The molecule has 0 aliphatic heterocycles. The maximum Gasteiger partial charge on any atom is 0.309 e. The van der Waals surface area contributed by atoms with Crippen molar-refractivity contribution in [2.45, 2.75) is 50.5 Å². The molecule has 0 spiro atoms. The lowest BCUT2D eigenvalue weighted by molar-refractivity contribution is -0.191. The molecule has 0 aromatic rings. The summed E-state index contributed by atoms with van der Waals surface area (Å²) in [6.07, 6.45) is 6.10. The summed E-state index contributed by atoms with van der Waals surface area (Å²) >= 11 is 0. The largest absolute Gasteiger partial charge is 0.481 e. The number of carboxylic acids is 1. The van der Waals surface area contributed by atoms with Gasteiger partial charge in [0.05, 0.1) is 11.0 Å². The van der Waals surface area contributed by atoms with E-state index in [0.717, 1.165) is 38.5 Å². The van der Waals surface area contributed by atoms with Gasteiger partial charge in [0.2, 0.25) is 0 Å². The maximum absolute atomic E-state index is 11.4. The summed E-state index contributed by atoms with van der Waals surface area (Å²) in [5.41, 5.74) is -1.23. The van der Waals surface area contributed by atoms with Crippen LogP contribution >= 0.6 is 0 Å². The highest BCUT2D eigenvalue weighted by molar-refractivity contribution is 5.75. The van der Waals surface area contributed by atoms with Gasteiger partial charge in [-0.1, -0.05) is 0 Å². The van der Waals surface area contributed by atoms with E-state index in [-0.39, 0.29) is 0 Å². The van der Waals surface area contributed by atoms with Crippen molar-refractivity contribution in [1.82, 2.24) is 0 Å². The number of hydrogen-bond donors (Lipinski definition) is 2. The lowest BCUT2D eigenvalue weighted by Crippen LogP contribution is -2.58. The zero-order valence-electron chi connectivity index (χ0n) is 8.91. The topological polar surface area (TPSA) is 57.5 Å². The molecule has 3 fully saturated rings. The van der Waals surface area contributed by atoms with Crippen LogP contribution in [0.3, 0.4) is 0 Å². The van der Waals surface area contributed by atoms with E-state index in [2.05, 4.69) is 0 Å². The molecule has 84 valence electrons. The lowest BCUT2D eigenvalue weighted by atomic mass is 9.49. The van der Waals surface area contributed by atoms with Crippen LogP contribution in [-0.2, 0) is 4.79 Å². The van der Waals surface area contributed by atoms with Crippen LogP contribution in [0.2, 0.25) is 0 Å². The van der Waals surface area contributed by atoms with Crippen LogP contribution in [0.25, 0.3) is 0 Å². The predicted octanol–water partition coefficient (Wildman–Crippen LogP) is 1.79. The Labute approximate surface area is 89.5 Å². The molecule has 3 rings (SSSR count). The smallest absolute Gasteiger partial charge is 0.309 e. The highest BCUT2D eigenvalue weighted by atomic mass is 16.4. The highest BCUT2D eigenvalue weighted by Gasteiger charge is 2.59. The van der Waals surface area contributed by atoms with Crippen molar-refractivity contribution in [1.29, 1.82) is 0 Å². The number of aliphatic hydroxyl groups is 1. The van der Waals surface area contributed by atoms with Crippen molar-refractivity contribution in [2.75, 3.05) is 0 Å². The normalized spacial score (nSPS) is 52.9. The van der Waals surface area contributed by atoms with Crippen LogP contribution in [0.4, 0.5) is 0 Å². The van der Waals surface area contributed by atoms with E-state index in [1.54, 1.807) is 0 Å². The Morgan fingerprint density at radius 2 is 2.00 bits per heavy atom. The zero-order valence-corrected chi connectivity index (χ0v) is 8.91. The molecule has 2 N–H and O–H groups in total. The monoisotopic (exact) mass is 210 g/mol. The molecule has 3 aliphatic rings. The summed E-state index contributed by atoms with van der Waals surface area (Å²) in [4.78, 5) is 11.4. The Kier molecular flexibility index (Phi) is 1.77. The van der Waals surface area contributed by atoms with Gasteiger partial charge in [-0.05, 0) is 56.8 Å². The molecule has 0 aromatic heterocycles. The van der Waals surface area contributed by atoms with Crippen LogP contribution in [0.15, 0.2) is 0 Å². The zero-order chi connectivity index (χ0) is 10.7. The van der Waals surface area contributed by atoms with Crippen molar-refractivity contribution < 1.29 is 15.0 Å². The Hall–Kier alpha value is -0.570. The molecule has 0 radical (unpaired) electrons. The molecule has 3 heteroatoms. The molecular formula is C12H18O3. The van der Waals surface area contributed by atoms with Gasteiger partial charge in [0.15, 0.2) is 0 Å². The van der Waals surface area contributed by atoms with Gasteiger partial charge in [-0.15, -0.1) is 0 Å². The SMILES string of the molecule is O=C(O)C12CCC3CCC(C1)CC3(O)C2. The average Bonchev–Trinajstić information content (AvgIpc) is 2.12. The van der Waals surface area contributed by atoms with E-state index in [1.807, 2.05) is 0 Å². The van der Waals surface area contributed by atoms with Crippen LogP contribution < -0.4 is 0 Å². The van der Waals surface area contributed by atoms with Gasteiger partial charge in [0.1, 0.15) is 0 Å². The quantitative estimate of drug-likeness (QED) is 0.693. The summed E-state index contributed by atoms with van der Waals surface area (Å²) in [6.45, 7) is 0. The molecule has 3 saturated carbocycles. The van der Waals surface area contributed by atoms with Crippen LogP contribution in [0.5, 0.6) is 0 Å². The van der Waals surface area contributed by atoms with Crippen molar-refractivity contribution in [3.63, 3.8) is 0 Å². The van der Waals surface area contributed by atoms with E-state index in [0.29, 0.717) is 18.3 Å². The minimum atomic E-state index is -0.675. The van der Waals surface area contributed by atoms with Gasteiger partial charge in [-0.3, -0.25) is 4.79 Å². The second-order valence-electron chi connectivity index (χ2n) is 5.95. The first-order valence-electron chi connectivity index (χ1n) is 6.00. The maximum atomic E-state index is 11.4. The number of fused-ring (bicyclic) bond motifs is 2. The Morgan fingerprint density at radius 3 is 2.73 bits per heavy atom. The van der Waals surface area contributed by atoms with Crippen LogP contribution in [0.1, 0.15) is 44.9 Å². The van der Waals surface area contributed by atoms with Crippen LogP contribution in [0, 0.1) is 17.3 Å². The van der Waals surface area contributed by atoms with E-state index >= 15 is 0 Å². The fraction of sp³-hybridized carbons (Fsp3) is 0.917. The minimum Gasteiger partial charge on any atom is -0.481 e. The molecule has 0 amide bonds. The highest BCUT2D eigenvalue weighted by Crippen LogP contribution is 2.60. The standard InChI is InChI=1S/C12H18O3/c13-10(14)11-4-3-9-2-1-8(5-11)6-12(9,15)7-11/h8-9,15H,1-7H2,(H,13,14). The van der Waals surface area contributed by atoms with Gasteiger partial charge < -0.3 is 10.2 Å². The van der Waals surface area contributed by atoms with Gasteiger partial charge >= 0.3 is 5.97 Å². The molecule has 0 saturated heterocycles. The summed E-state index contributed by atoms with van der Waals surface area (Å²) in [5, 5.41) is 19.9. The number of carbonyl (C=O) groups is 1. The molecular weight excluding hydrogens is 192 g/mol. The van der Waals surface area contributed by atoms with E-state index in [9.17, 15) is 15.0 Å². The van der Waals surface area contributed by atoms with E-state index < -0.39 is 17.0 Å². The molecule has 4 unspecified atom stereocenters. The van der Waals surface area contributed by atoms with E-state index in [1.165, 1.54) is 0 Å². The molecule has 4 atom stereocenters. The number of hydrogen-bond acceptors (Lipinski definition) is 2. The summed E-state index contributed by atoms with van der Waals surface area (Å²) < 4.78 is 0. The first-order valence-corrected chi connectivity index (χ1v) is 6.00. The Balaban J connectivity index is 2.00. The first-order chi connectivity index (χ1) is 7.04. The lowest BCUT2D eigenvalue weighted by Gasteiger charge is -2.57. The third kappa shape index (κ3) is 1.19. The third-order valence-electron chi connectivity index (χ3n) is 5.07. The Bertz CT molecular complexity index is 314. The molecule has 3 bridgehead atoms. The fourth-order valence-corrected chi connectivity index (χ4v) is 4.40. The minimum absolute atomic E-state index is 0.376. The summed E-state index contributed by atoms with van der Waals surface area (Å²) in [6, 6.07) is 0. The first kappa shape index (κ1) is 9.64. The number of carboxylic acid groups (broad SMARTS) is 1. The second-order valence-corrected chi connectivity index (χ2v) is 5.95. The third-order valence-corrected chi connectivity index (χ3v) is 5.07. The molecule has 0 heterocycles. The Morgan fingerprint density at radius 1 is 1.20 bits per heavy atom. The van der Waals surface area contributed by atoms with Crippen LogP contribution in [-0.4, -0.2) is 21.8 Å². The van der Waals surface area contributed by atoms with Crippen molar-refractivity contribution >= 4 is 5.97 Å². The summed E-state index contributed by atoms with van der Waals surface area (Å²) in [5.74, 6) is 0.156. The van der Waals surface area contributed by atoms with Crippen molar-refractivity contribution in [3.05, 3.63) is 0 Å². The average molecular weight is 210 g/mol.